The molecule has 4 rings (SSSR count). The van der Waals surface area contributed by atoms with Crippen LogP contribution in [0.4, 0.5) is 0 Å². The van der Waals surface area contributed by atoms with Crippen molar-refractivity contribution in [3.8, 4) is 0 Å². The van der Waals surface area contributed by atoms with Gasteiger partial charge < -0.3 is 9.80 Å². The fraction of sp³-hybridized carbons (Fsp3) is 0.474. The zero-order valence-electron chi connectivity index (χ0n) is 15.5. The van der Waals surface area contributed by atoms with E-state index in [1.165, 1.54) is 12.7 Å². The van der Waals surface area contributed by atoms with E-state index in [4.69, 9.17) is 0 Å². The molecule has 1 atom stereocenters. The molecular weight excluding hydrogens is 344 g/mol. The monoisotopic (exact) mass is 366 g/mol. The van der Waals surface area contributed by atoms with E-state index >= 15 is 0 Å². The summed E-state index contributed by atoms with van der Waals surface area (Å²) in [4.78, 5) is 46.0. The van der Waals surface area contributed by atoms with E-state index < -0.39 is 0 Å². The standard InChI is InChI=1S/C19H22N6O2/c1-12-16(7-20-10-22-12)18(26)24-6-5-15(9-24)25(14-3-4-14)19(27)17-8-21-11-23-13(17)2/h7-8,10-11,14-15H,3-6,9H2,1-2H3. The highest BCUT2D eigenvalue weighted by Gasteiger charge is 2.42. The number of rotatable bonds is 4. The highest BCUT2D eigenvalue weighted by Crippen LogP contribution is 2.33. The Morgan fingerprint density at radius 3 is 2.19 bits per heavy atom. The minimum Gasteiger partial charge on any atom is -0.336 e. The minimum atomic E-state index is -0.0713. The predicted octanol–water partition coefficient (Wildman–Crippen LogP) is 1.40. The van der Waals surface area contributed by atoms with Gasteiger partial charge in [0.2, 0.25) is 0 Å². The van der Waals surface area contributed by atoms with E-state index in [0.717, 1.165) is 19.3 Å². The molecule has 2 aromatic rings. The number of likely N-dealkylation sites (tertiary alicyclic amines) is 1. The number of amides is 2. The van der Waals surface area contributed by atoms with Crippen molar-refractivity contribution in [1.82, 2.24) is 29.7 Å². The van der Waals surface area contributed by atoms with Gasteiger partial charge in [-0.1, -0.05) is 0 Å². The van der Waals surface area contributed by atoms with E-state index in [1.54, 1.807) is 24.2 Å². The number of aryl methyl sites for hydroxylation is 2. The molecule has 8 heteroatoms. The third-order valence-electron chi connectivity index (χ3n) is 5.30. The summed E-state index contributed by atoms with van der Waals surface area (Å²) in [6, 6.07) is 0.262. The zero-order chi connectivity index (χ0) is 19.0. The lowest BCUT2D eigenvalue weighted by Crippen LogP contribution is -2.44. The number of nitrogens with zero attached hydrogens (tertiary/aromatic N) is 6. The number of hydrogen-bond donors (Lipinski definition) is 0. The molecule has 1 aliphatic heterocycles. The Kier molecular flexibility index (Phi) is 4.55. The van der Waals surface area contributed by atoms with Crippen molar-refractivity contribution in [3.05, 3.63) is 47.6 Å². The molecule has 0 aromatic carbocycles. The first-order valence-corrected chi connectivity index (χ1v) is 9.21. The molecule has 1 unspecified atom stereocenters. The van der Waals surface area contributed by atoms with Gasteiger partial charge in [0.05, 0.1) is 28.6 Å². The van der Waals surface area contributed by atoms with Crippen LogP contribution in [0, 0.1) is 13.8 Å². The Morgan fingerprint density at radius 2 is 1.59 bits per heavy atom. The van der Waals surface area contributed by atoms with Gasteiger partial charge in [-0.25, -0.2) is 19.9 Å². The van der Waals surface area contributed by atoms with Crippen molar-refractivity contribution < 1.29 is 9.59 Å². The molecule has 0 N–H and O–H groups in total. The van der Waals surface area contributed by atoms with Crippen molar-refractivity contribution in [2.75, 3.05) is 13.1 Å². The van der Waals surface area contributed by atoms with Gasteiger partial charge in [-0.15, -0.1) is 0 Å². The van der Waals surface area contributed by atoms with Crippen LogP contribution in [0.2, 0.25) is 0 Å². The predicted molar refractivity (Wildman–Crippen MR) is 97.0 cm³/mol. The first-order chi connectivity index (χ1) is 13.1. The SMILES string of the molecule is Cc1ncncc1C(=O)N1CCC(N(C(=O)c2cncnc2C)C2CC2)C1. The van der Waals surface area contributed by atoms with E-state index in [1.807, 2.05) is 11.8 Å². The average Bonchev–Trinajstić information content (AvgIpc) is 3.38. The van der Waals surface area contributed by atoms with Crippen LogP contribution in [0.15, 0.2) is 25.0 Å². The summed E-state index contributed by atoms with van der Waals surface area (Å²) in [5.41, 5.74) is 2.42. The molecule has 140 valence electrons. The summed E-state index contributed by atoms with van der Waals surface area (Å²) in [6.07, 6.45) is 8.83. The van der Waals surface area contributed by atoms with Gasteiger partial charge in [0.25, 0.3) is 11.8 Å². The average molecular weight is 366 g/mol. The summed E-state index contributed by atoms with van der Waals surface area (Å²) in [6.45, 7) is 4.78. The van der Waals surface area contributed by atoms with Crippen LogP contribution in [-0.4, -0.2) is 66.7 Å². The van der Waals surface area contributed by atoms with E-state index in [-0.39, 0.29) is 23.9 Å². The zero-order valence-corrected chi connectivity index (χ0v) is 15.5. The Bertz CT molecular complexity index is 882. The first-order valence-electron chi connectivity index (χ1n) is 9.21. The first kappa shape index (κ1) is 17.5. The molecule has 2 aromatic heterocycles. The second kappa shape index (κ2) is 7.02. The number of hydrogen-bond acceptors (Lipinski definition) is 6. The summed E-state index contributed by atoms with van der Waals surface area (Å²) >= 11 is 0. The molecule has 0 spiro atoms. The van der Waals surface area contributed by atoms with E-state index in [2.05, 4.69) is 19.9 Å². The molecule has 3 heterocycles. The molecule has 2 aliphatic rings. The Balaban J connectivity index is 1.52. The maximum absolute atomic E-state index is 13.2. The molecule has 1 aliphatic carbocycles. The smallest absolute Gasteiger partial charge is 0.257 e. The molecule has 1 saturated carbocycles. The van der Waals surface area contributed by atoms with Gasteiger partial charge in [0.15, 0.2) is 0 Å². The van der Waals surface area contributed by atoms with Crippen LogP contribution in [0.25, 0.3) is 0 Å². The molecule has 8 nitrogen and oxygen atoms in total. The molecule has 0 bridgehead atoms. The second-order valence-corrected chi connectivity index (χ2v) is 7.18. The number of carbonyl (C=O) groups excluding carboxylic acids is 2. The second-order valence-electron chi connectivity index (χ2n) is 7.18. The van der Waals surface area contributed by atoms with Gasteiger partial charge in [-0.3, -0.25) is 9.59 Å². The summed E-state index contributed by atoms with van der Waals surface area (Å²) in [7, 11) is 0. The van der Waals surface area contributed by atoms with E-state index in [9.17, 15) is 9.59 Å². The molecule has 0 radical (unpaired) electrons. The third-order valence-corrected chi connectivity index (χ3v) is 5.30. The van der Waals surface area contributed by atoms with E-state index in [0.29, 0.717) is 35.6 Å². The maximum Gasteiger partial charge on any atom is 0.257 e. The lowest BCUT2D eigenvalue weighted by Gasteiger charge is -2.29. The van der Waals surface area contributed by atoms with Crippen LogP contribution < -0.4 is 0 Å². The number of aromatic nitrogens is 4. The quantitative estimate of drug-likeness (QED) is 0.812. The third kappa shape index (κ3) is 3.39. The summed E-state index contributed by atoms with van der Waals surface area (Å²) in [5.74, 6) is -0.104. The fourth-order valence-corrected chi connectivity index (χ4v) is 3.65. The molecule has 2 amide bonds. The Morgan fingerprint density at radius 1 is 0.963 bits per heavy atom. The summed E-state index contributed by atoms with van der Waals surface area (Å²) in [5, 5.41) is 0. The Labute approximate surface area is 157 Å². The van der Waals surface area contributed by atoms with Crippen LogP contribution in [0.3, 0.4) is 0 Å². The normalized spacial score (nSPS) is 19.2. The number of carbonyl (C=O) groups is 2. The highest BCUT2D eigenvalue weighted by atomic mass is 16.2. The van der Waals surface area contributed by atoms with Gasteiger partial charge >= 0.3 is 0 Å². The van der Waals surface area contributed by atoms with Crippen molar-refractivity contribution in [1.29, 1.82) is 0 Å². The molecule has 27 heavy (non-hydrogen) atoms. The van der Waals surface area contributed by atoms with Gasteiger partial charge in [0.1, 0.15) is 12.7 Å². The van der Waals surface area contributed by atoms with Crippen LogP contribution >= 0.6 is 0 Å². The molecule has 2 fully saturated rings. The van der Waals surface area contributed by atoms with Crippen molar-refractivity contribution in [2.45, 2.75) is 45.2 Å². The largest absolute Gasteiger partial charge is 0.336 e. The van der Waals surface area contributed by atoms with Crippen LogP contribution in [-0.2, 0) is 0 Å². The van der Waals surface area contributed by atoms with Crippen molar-refractivity contribution in [3.63, 3.8) is 0 Å². The van der Waals surface area contributed by atoms with Crippen LogP contribution in [0.5, 0.6) is 0 Å². The molecule has 1 saturated heterocycles. The van der Waals surface area contributed by atoms with Crippen molar-refractivity contribution >= 4 is 11.8 Å². The summed E-state index contributed by atoms with van der Waals surface area (Å²) < 4.78 is 0. The molecular formula is C19H22N6O2. The van der Waals surface area contributed by atoms with Gasteiger partial charge in [-0.05, 0) is 33.1 Å². The Hall–Kier alpha value is -2.90. The van der Waals surface area contributed by atoms with Gasteiger partial charge in [-0.2, -0.15) is 0 Å². The van der Waals surface area contributed by atoms with Crippen LogP contribution in [0.1, 0.15) is 51.4 Å². The topological polar surface area (TPSA) is 92.2 Å². The fourth-order valence-electron chi connectivity index (χ4n) is 3.65. The van der Waals surface area contributed by atoms with Gasteiger partial charge in [0, 0.05) is 31.5 Å². The highest BCUT2D eigenvalue weighted by molar-refractivity contribution is 5.96. The van der Waals surface area contributed by atoms with Crippen molar-refractivity contribution in [2.24, 2.45) is 0 Å². The lowest BCUT2D eigenvalue weighted by atomic mass is 10.1. The lowest BCUT2D eigenvalue weighted by molar-refractivity contribution is 0.0639. The maximum atomic E-state index is 13.2. The minimum absolute atomic E-state index is 0.0125.